The predicted octanol–water partition coefficient (Wildman–Crippen LogP) is 4.41. The minimum absolute atomic E-state index is 0.126. The van der Waals surface area contributed by atoms with E-state index in [4.69, 9.17) is 10.5 Å². The van der Waals surface area contributed by atoms with Gasteiger partial charge in [-0.05, 0) is 73.6 Å². The van der Waals surface area contributed by atoms with Gasteiger partial charge in [-0.15, -0.1) is 0 Å². The van der Waals surface area contributed by atoms with Crippen molar-refractivity contribution in [1.29, 1.82) is 0 Å². The van der Waals surface area contributed by atoms with E-state index in [1.54, 1.807) is 19.3 Å². The highest BCUT2D eigenvalue weighted by Crippen LogP contribution is 2.27. The Kier molecular flexibility index (Phi) is 9.94. The van der Waals surface area contributed by atoms with Crippen molar-refractivity contribution in [2.24, 2.45) is 17.6 Å². The zero-order chi connectivity index (χ0) is 25.2. The molecule has 7 nitrogen and oxygen atoms in total. The number of nitrogens with zero attached hydrogens (tertiary/aromatic N) is 3. The van der Waals surface area contributed by atoms with Gasteiger partial charge in [0.2, 0.25) is 11.8 Å². The fourth-order valence-corrected chi connectivity index (χ4v) is 4.37. The van der Waals surface area contributed by atoms with Crippen molar-refractivity contribution >= 4 is 17.5 Å². The number of benzene rings is 1. The zero-order valence-electron chi connectivity index (χ0n) is 21.4. The van der Waals surface area contributed by atoms with Crippen molar-refractivity contribution < 1.29 is 14.3 Å². The van der Waals surface area contributed by atoms with Crippen molar-refractivity contribution in [3.63, 3.8) is 0 Å². The Morgan fingerprint density at radius 2 is 1.71 bits per heavy atom. The van der Waals surface area contributed by atoms with Gasteiger partial charge in [-0.1, -0.05) is 20.8 Å². The molecule has 190 valence electrons. The average molecular weight is 481 g/mol. The smallest absolute Gasteiger partial charge is 0.222 e. The number of aromatic nitrogens is 1. The summed E-state index contributed by atoms with van der Waals surface area (Å²) in [5, 5.41) is 0. The number of carbonyl (C=O) groups is 2. The highest BCUT2D eigenvalue weighted by molar-refractivity contribution is 5.79. The first kappa shape index (κ1) is 26.5. The monoisotopic (exact) mass is 480 g/mol. The first-order valence-electron chi connectivity index (χ1n) is 12.8. The van der Waals surface area contributed by atoms with Gasteiger partial charge >= 0.3 is 0 Å². The Bertz CT molecular complexity index is 925. The molecule has 1 unspecified atom stereocenters. The molecule has 1 fully saturated rings. The topological polar surface area (TPSA) is 88.8 Å². The van der Waals surface area contributed by atoms with Gasteiger partial charge in [-0.25, -0.2) is 0 Å². The van der Waals surface area contributed by atoms with Crippen LogP contribution < -0.4 is 15.4 Å². The number of nitrogens with two attached hydrogens (primary N) is 1. The summed E-state index contributed by atoms with van der Waals surface area (Å²) < 4.78 is 5.95. The van der Waals surface area contributed by atoms with E-state index in [2.05, 4.69) is 35.9 Å². The molecule has 1 aromatic carbocycles. The number of primary amides is 1. The number of pyridine rings is 1. The molecular weight excluding hydrogens is 440 g/mol. The van der Waals surface area contributed by atoms with Crippen LogP contribution in [0.25, 0.3) is 0 Å². The molecule has 1 aromatic heterocycles. The fraction of sp³-hybridized carbons (Fsp3) is 0.536. The van der Waals surface area contributed by atoms with Gasteiger partial charge in [-0.2, -0.15) is 0 Å². The second kappa shape index (κ2) is 13.1. The van der Waals surface area contributed by atoms with E-state index in [-0.39, 0.29) is 17.7 Å². The summed E-state index contributed by atoms with van der Waals surface area (Å²) in [6.45, 7) is 9.29. The van der Waals surface area contributed by atoms with E-state index >= 15 is 0 Å². The van der Waals surface area contributed by atoms with Gasteiger partial charge in [0, 0.05) is 56.1 Å². The van der Waals surface area contributed by atoms with Crippen LogP contribution in [0.1, 0.15) is 58.4 Å². The summed E-state index contributed by atoms with van der Waals surface area (Å²) in [5.41, 5.74) is 7.62. The second-order valence-electron chi connectivity index (χ2n) is 9.97. The summed E-state index contributed by atoms with van der Waals surface area (Å²) in [6.07, 6.45) is 7.44. The van der Waals surface area contributed by atoms with Gasteiger partial charge < -0.3 is 20.3 Å². The number of anilines is 1. The summed E-state index contributed by atoms with van der Waals surface area (Å²) in [4.78, 5) is 32.4. The molecule has 1 aliphatic heterocycles. The normalized spacial score (nSPS) is 15.1. The van der Waals surface area contributed by atoms with Crippen LogP contribution in [0.4, 0.5) is 5.69 Å². The molecule has 2 amide bonds. The lowest BCUT2D eigenvalue weighted by Crippen LogP contribution is -2.47. The van der Waals surface area contributed by atoms with Crippen LogP contribution in [-0.4, -0.2) is 47.4 Å². The van der Waals surface area contributed by atoms with E-state index in [0.717, 1.165) is 50.2 Å². The van der Waals surface area contributed by atoms with Gasteiger partial charge in [0.15, 0.2) is 0 Å². The molecule has 0 aliphatic carbocycles. The standard InChI is InChI=1S/C28H40N4O3/c1-21(2)12-19-32(24-5-7-26(8-6-24)35-20-23-10-15-30-16-11-23)25-13-17-31(18-14-25)27(33)9-4-22(3)28(29)34/h5-8,10-11,15-16,21-22,25H,4,9,12-14,17-20H2,1-3H3,(H2,29,34). The van der Waals surface area contributed by atoms with Crippen molar-refractivity contribution in [2.45, 2.75) is 65.5 Å². The maximum absolute atomic E-state index is 12.6. The quantitative estimate of drug-likeness (QED) is 0.486. The number of amides is 2. The summed E-state index contributed by atoms with van der Waals surface area (Å²) in [7, 11) is 0. The lowest BCUT2D eigenvalue weighted by molar-refractivity contribution is -0.132. The van der Waals surface area contributed by atoms with Crippen LogP contribution in [0.5, 0.6) is 5.75 Å². The molecule has 0 radical (unpaired) electrons. The number of carbonyl (C=O) groups excluding carboxylic acids is 2. The van der Waals surface area contributed by atoms with E-state index in [1.807, 2.05) is 29.2 Å². The van der Waals surface area contributed by atoms with Gasteiger partial charge in [0.1, 0.15) is 12.4 Å². The van der Waals surface area contributed by atoms with E-state index in [9.17, 15) is 9.59 Å². The highest BCUT2D eigenvalue weighted by atomic mass is 16.5. The number of ether oxygens (including phenoxy) is 1. The van der Waals surface area contributed by atoms with Gasteiger partial charge in [0.25, 0.3) is 0 Å². The Morgan fingerprint density at radius 3 is 2.31 bits per heavy atom. The first-order chi connectivity index (χ1) is 16.8. The molecule has 2 heterocycles. The van der Waals surface area contributed by atoms with Gasteiger partial charge in [-0.3, -0.25) is 14.6 Å². The lowest BCUT2D eigenvalue weighted by Gasteiger charge is -2.40. The molecule has 2 aromatic rings. The summed E-state index contributed by atoms with van der Waals surface area (Å²) >= 11 is 0. The molecule has 0 saturated carbocycles. The average Bonchev–Trinajstić information content (AvgIpc) is 2.87. The molecule has 2 N–H and O–H groups in total. The zero-order valence-corrected chi connectivity index (χ0v) is 21.4. The van der Waals surface area contributed by atoms with Crippen LogP contribution in [0, 0.1) is 11.8 Å². The third-order valence-electron chi connectivity index (χ3n) is 6.81. The fourth-order valence-electron chi connectivity index (χ4n) is 4.37. The van der Waals surface area contributed by atoms with Crippen LogP contribution in [0.15, 0.2) is 48.8 Å². The van der Waals surface area contributed by atoms with Crippen LogP contribution >= 0.6 is 0 Å². The summed E-state index contributed by atoms with van der Waals surface area (Å²) in [6, 6.07) is 12.7. The Hall–Kier alpha value is -3.09. The van der Waals surface area contributed by atoms with Crippen molar-refractivity contribution in [1.82, 2.24) is 9.88 Å². The van der Waals surface area contributed by atoms with Gasteiger partial charge in [0.05, 0.1) is 0 Å². The molecule has 1 atom stereocenters. The van der Waals surface area contributed by atoms with Crippen LogP contribution in [0.3, 0.4) is 0 Å². The molecule has 3 rings (SSSR count). The number of hydrogen-bond acceptors (Lipinski definition) is 5. The lowest BCUT2D eigenvalue weighted by atomic mass is 9.99. The number of hydrogen-bond donors (Lipinski definition) is 1. The second-order valence-corrected chi connectivity index (χ2v) is 9.97. The van der Waals surface area contributed by atoms with Crippen molar-refractivity contribution in [2.75, 3.05) is 24.5 Å². The summed E-state index contributed by atoms with van der Waals surface area (Å²) in [5.74, 6) is 0.987. The molecule has 1 saturated heterocycles. The molecular formula is C28H40N4O3. The van der Waals surface area contributed by atoms with Crippen LogP contribution in [0.2, 0.25) is 0 Å². The molecule has 0 spiro atoms. The first-order valence-corrected chi connectivity index (χ1v) is 12.8. The predicted molar refractivity (Wildman–Crippen MR) is 139 cm³/mol. The number of rotatable bonds is 12. The minimum Gasteiger partial charge on any atom is -0.489 e. The van der Waals surface area contributed by atoms with Crippen molar-refractivity contribution in [3.05, 3.63) is 54.4 Å². The molecule has 7 heteroatoms. The molecule has 35 heavy (non-hydrogen) atoms. The highest BCUT2D eigenvalue weighted by Gasteiger charge is 2.27. The SMILES string of the molecule is CC(C)CCN(c1ccc(OCc2ccncc2)cc1)C1CCN(C(=O)CCC(C)C(N)=O)CC1. The molecule has 1 aliphatic rings. The minimum atomic E-state index is -0.342. The van der Waals surface area contributed by atoms with E-state index in [1.165, 1.54) is 5.69 Å². The maximum atomic E-state index is 12.6. The number of likely N-dealkylation sites (tertiary alicyclic amines) is 1. The van der Waals surface area contributed by atoms with Crippen LogP contribution in [-0.2, 0) is 16.2 Å². The van der Waals surface area contributed by atoms with Crippen molar-refractivity contribution in [3.8, 4) is 5.75 Å². The number of piperidine rings is 1. The Balaban J connectivity index is 1.57. The Morgan fingerprint density at radius 1 is 1.06 bits per heavy atom. The van der Waals surface area contributed by atoms with E-state index in [0.29, 0.717) is 31.4 Å². The van der Waals surface area contributed by atoms with E-state index < -0.39 is 0 Å². The third-order valence-corrected chi connectivity index (χ3v) is 6.81. The maximum Gasteiger partial charge on any atom is 0.222 e. The largest absolute Gasteiger partial charge is 0.489 e. The molecule has 0 bridgehead atoms. The Labute approximate surface area is 209 Å². The third kappa shape index (κ3) is 8.26.